The average Bonchev–Trinajstić information content (AvgIpc) is 2.71. The molecule has 2 amide bonds. The number of unbranched alkanes of at least 4 members (excludes halogenated alkanes) is 1. The molecule has 0 radical (unpaired) electrons. The van der Waals surface area contributed by atoms with Gasteiger partial charge in [0.05, 0.1) is 0 Å². The molecule has 2 rings (SSSR count). The Hall–Kier alpha value is -2.53. The summed E-state index contributed by atoms with van der Waals surface area (Å²) in [5, 5.41) is 3.49. The minimum absolute atomic E-state index is 0.141. The van der Waals surface area contributed by atoms with Gasteiger partial charge in [0.1, 0.15) is 11.8 Å². The molecule has 0 unspecified atom stereocenters. The molecule has 0 aromatic heterocycles. The number of halogens is 1. The first kappa shape index (κ1) is 22.8. The molecule has 2 aromatic rings. The van der Waals surface area contributed by atoms with Crippen molar-refractivity contribution in [3.05, 3.63) is 64.7 Å². The number of carbonyl (C=O) groups is 2. The molecule has 1 atom stereocenters. The van der Waals surface area contributed by atoms with Crippen molar-refractivity contribution in [3.63, 3.8) is 0 Å². The fourth-order valence-corrected chi connectivity index (χ4v) is 3.10. The van der Waals surface area contributed by atoms with Crippen LogP contribution < -0.4 is 10.1 Å². The topological polar surface area (TPSA) is 58.6 Å². The number of benzene rings is 2. The fourth-order valence-electron chi connectivity index (χ4n) is 2.89. The predicted octanol–water partition coefficient (Wildman–Crippen LogP) is 4.36. The van der Waals surface area contributed by atoms with Crippen LogP contribution in [0.15, 0.2) is 48.5 Å². The molecule has 0 bridgehead atoms. The Labute approximate surface area is 178 Å². The summed E-state index contributed by atoms with van der Waals surface area (Å²) < 4.78 is 5.72. The van der Waals surface area contributed by atoms with Crippen molar-refractivity contribution in [1.29, 1.82) is 0 Å². The van der Waals surface area contributed by atoms with Crippen molar-refractivity contribution in [3.8, 4) is 5.75 Å². The van der Waals surface area contributed by atoms with Crippen LogP contribution in [0.1, 0.15) is 37.8 Å². The van der Waals surface area contributed by atoms with E-state index >= 15 is 0 Å². The number of amides is 2. The van der Waals surface area contributed by atoms with Crippen molar-refractivity contribution in [2.75, 3.05) is 13.2 Å². The summed E-state index contributed by atoms with van der Waals surface area (Å²) in [6.07, 6.45) is 1.89. The number of aryl methyl sites for hydroxylation is 1. The van der Waals surface area contributed by atoms with Gasteiger partial charge in [-0.05, 0) is 49.6 Å². The Morgan fingerprint density at radius 2 is 1.93 bits per heavy atom. The predicted molar refractivity (Wildman–Crippen MR) is 116 cm³/mol. The molecule has 0 saturated heterocycles. The highest BCUT2D eigenvalue weighted by molar-refractivity contribution is 6.30. The maximum atomic E-state index is 13.0. The molecule has 0 heterocycles. The van der Waals surface area contributed by atoms with E-state index in [1.54, 1.807) is 19.1 Å². The second-order valence-electron chi connectivity index (χ2n) is 7.03. The van der Waals surface area contributed by atoms with Crippen LogP contribution in [0.3, 0.4) is 0 Å². The maximum Gasteiger partial charge on any atom is 0.261 e. The van der Waals surface area contributed by atoms with Crippen molar-refractivity contribution in [2.24, 2.45) is 0 Å². The average molecular weight is 417 g/mol. The Kier molecular flexibility index (Phi) is 9.00. The van der Waals surface area contributed by atoms with Gasteiger partial charge in [0.2, 0.25) is 5.91 Å². The number of ether oxygens (including phenoxy) is 1. The minimum atomic E-state index is -0.626. The number of rotatable bonds is 10. The molecule has 2 aromatic carbocycles. The summed E-state index contributed by atoms with van der Waals surface area (Å²) in [6.45, 7) is 6.45. The normalized spacial score (nSPS) is 11.6. The maximum absolute atomic E-state index is 13.0. The third-order valence-electron chi connectivity index (χ3n) is 4.68. The molecule has 5 nitrogen and oxygen atoms in total. The first-order valence-corrected chi connectivity index (χ1v) is 10.3. The lowest BCUT2D eigenvalue weighted by molar-refractivity contribution is -0.142. The summed E-state index contributed by atoms with van der Waals surface area (Å²) in [5.74, 6) is 0.222. The monoisotopic (exact) mass is 416 g/mol. The van der Waals surface area contributed by atoms with E-state index in [1.165, 1.54) is 4.90 Å². The van der Waals surface area contributed by atoms with E-state index in [0.717, 1.165) is 24.0 Å². The smallest absolute Gasteiger partial charge is 0.261 e. The number of hydrogen-bond donors (Lipinski definition) is 1. The number of carbonyl (C=O) groups excluding carboxylic acids is 2. The Morgan fingerprint density at radius 3 is 2.62 bits per heavy atom. The van der Waals surface area contributed by atoms with Gasteiger partial charge in [0, 0.05) is 18.1 Å². The standard InChI is InChI=1S/C23H29ClN2O3/c1-4-5-13-25-23(28)18(3)26(15-19-10-8-11-20(24)14-19)22(27)16-29-21-12-7-6-9-17(21)2/h6-12,14,18H,4-5,13,15-16H2,1-3H3,(H,25,28)/t18-/m1/s1. The van der Waals surface area contributed by atoms with Gasteiger partial charge in [0.25, 0.3) is 5.91 Å². The van der Waals surface area contributed by atoms with Crippen LogP contribution in [0.5, 0.6) is 5.75 Å². The van der Waals surface area contributed by atoms with Crippen LogP contribution >= 0.6 is 11.6 Å². The summed E-state index contributed by atoms with van der Waals surface area (Å²) >= 11 is 6.09. The zero-order valence-electron chi connectivity index (χ0n) is 17.3. The van der Waals surface area contributed by atoms with Crippen LogP contribution in [0.4, 0.5) is 0 Å². The molecule has 156 valence electrons. The Balaban J connectivity index is 2.12. The Bertz CT molecular complexity index is 825. The molecule has 0 aliphatic carbocycles. The van der Waals surface area contributed by atoms with Gasteiger partial charge in [-0.15, -0.1) is 0 Å². The molecule has 0 saturated carbocycles. The molecular formula is C23H29ClN2O3. The van der Waals surface area contributed by atoms with Gasteiger partial charge >= 0.3 is 0 Å². The lowest BCUT2D eigenvalue weighted by atomic mass is 10.1. The number of para-hydroxylation sites is 1. The zero-order chi connectivity index (χ0) is 21.2. The number of hydrogen-bond acceptors (Lipinski definition) is 3. The highest BCUT2D eigenvalue weighted by Gasteiger charge is 2.26. The van der Waals surface area contributed by atoms with E-state index < -0.39 is 6.04 Å². The van der Waals surface area contributed by atoms with Crippen molar-refractivity contribution in [2.45, 2.75) is 46.2 Å². The van der Waals surface area contributed by atoms with Crippen molar-refractivity contribution < 1.29 is 14.3 Å². The van der Waals surface area contributed by atoms with E-state index in [-0.39, 0.29) is 25.0 Å². The van der Waals surface area contributed by atoms with E-state index in [4.69, 9.17) is 16.3 Å². The molecule has 0 aliphatic heterocycles. The van der Waals surface area contributed by atoms with Gasteiger partial charge in [-0.25, -0.2) is 0 Å². The van der Waals surface area contributed by atoms with Gasteiger partial charge in [-0.2, -0.15) is 0 Å². The van der Waals surface area contributed by atoms with Gasteiger partial charge in [-0.1, -0.05) is 55.3 Å². The van der Waals surface area contributed by atoms with Crippen molar-refractivity contribution >= 4 is 23.4 Å². The van der Waals surface area contributed by atoms with Crippen molar-refractivity contribution in [1.82, 2.24) is 10.2 Å². The highest BCUT2D eigenvalue weighted by Crippen LogP contribution is 2.18. The van der Waals surface area contributed by atoms with Gasteiger partial charge < -0.3 is 15.0 Å². The summed E-state index contributed by atoms with van der Waals surface area (Å²) in [6, 6.07) is 14.2. The minimum Gasteiger partial charge on any atom is -0.484 e. The first-order valence-electron chi connectivity index (χ1n) is 9.92. The van der Waals surface area contributed by atoms with Crippen LogP contribution in [0, 0.1) is 6.92 Å². The van der Waals surface area contributed by atoms with Crippen LogP contribution in [0.2, 0.25) is 5.02 Å². The quantitative estimate of drug-likeness (QED) is 0.585. The second-order valence-corrected chi connectivity index (χ2v) is 7.46. The lowest BCUT2D eigenvalue weighted by Crippen LogP contribution is -2.49. The van der Waals surface area contributed by atoms with E-state index in [1.807, 2.05) is 43.3 Å². The van der Waals surface area contributed by atoms with Crippen LogP contribution in [-0.2, 0) is 16.1 Å². The molecular weight excluding hydrogens is 388 g/mol. The molecule has 6 heteroatoms. The number of nitrogens with one attached hydrogen (secondary N) is 1. The Morgan fingerprint density at radius 1 is 1.17 bits per heavy atom. The summed E-state index contributed by atoms with van der Waals surface area (Å²) in [4.78, 5) is 27.1. The largest absolute Gasteiger partial charge is 0.484 e. The zero-order valence-corrected chi connectivity index (χ0v) is 18.0. The summed E-state index contributed by atoms with van der Waals surface area (Å²) in [7, 11) is 0. The third-order valence-corrected chi connectivity index (χ3v) is 4.92. The molecule has 0 fully saturated rings. The fraction of sp³-hybridized carbons (Fsp3) is 0.391. The van der Waals surface area contributed by atoms with E-state index in [2.05, 4.69) is 12.2 Å². The van der Waals surface area contributed by atoms with E-state index in [0.29, 0.717) is 17.3 Å². The van der Waals surface area contributed by atoms with Gasteiger partial charge in [0.15, 0.2) is 6.61 Å². The van der Waals surface area contributed by atoms with E-state index in [9.17, 15) is 9.59 Å². The molecule has 29 heavy (non-hydrogen) atoms. The van der Waals surface area contributed by atoms with Crippen LogP contribution in [0.25, 0.3) is 0 Å². The molecule has 0 aliphatic rings. The summed E-state index contributed by atoms with van der Waals surface area (Å²) in [5.41, 5.74) is 1.81. The van der Waals surface area contributed by atoms with Crippen LogP contribution in [-0.4, -0.2) is 35.9 Å². The van der Waals surface area contributed by atoms with Gasteiger partial charge in [-0.3, -0.25) is 9.59 Å². The molecule has 1 N–H and O–H groups in total. The number of nitrogens with zero attached hydrogens (tertiary/aromatic N) is 1. The third kappa shape index (κ3) is 7.09. The molecule has 0 spiro atoms. The highest BCUT2D eigenvalue weighted by atomic mass is 35.5. The SMILES string of the molecule is CCCCNC(=O)[C@@H](C)N(Cc1cccc(Cl)c1)C(=O)COc1ccccc1C. The second kappa shape index (κ2) is 11.5. The lowest BCUT2D eigenvalue weighted by Gasteiger charge is -2.29. The first-order chi connectivity index (χ1) is 13.9.